The van der Waals surface area contributed by atoms with Crippen molar-refractivity contribution in [2.75, 3.05) is 11.1 Å². The predicted molar refractivity (Wildman–Crippen MR) is 115 cm³/mol. The minimum Gasteiger partial charge on any atom is -0.493 e. The van der Waals surface area contributed by atoms with Crippen LogP contribution < -0.4 is 10.9 Å². The summed E-state index contributed by atoms with van der Waals surface area (Å²) in [6.45, 7) is 0. The molecule has 0 aliphatic rings. The molecule has 0 saturated carbocycles. The van der Waals surface area contributed by atoms with Crippen molar-refractivity contribution in [3.63, 3.8) is 0 Å². The summed E-state index contributed by atoms with van der Waals surface area (Å²) in [7, 11) is 0. The summed E-state index contributed by atoms with van der Waals surface area (Å²) in [5, 5.41) is 15.0. The van der Waals surface area contributed by atoms with E-state index in [4.69, 9.17) is 0 Å². The second kappa shape index (κ2) is 8.20. The van der Waals surface area contributed by atoms with Crippen LogP contribution in [0.2, 0.25) is 0 Å². The zero-order chi connectivity index (χ0) is 20.2. The Kier molecular flexibility index (Phi) is 5.31. The minimum atomic E-state index is -0.416. The van der Waals surface area contributed by atoms with Gasteiger partial charge in [-0.2, -0.15) is 4.98 Å². The molecule has 0 bridgehead atoms. The van der Waals surface area contributed by atoms with Crippen molar-refractivity contribution in [3.8, 4) is 11.6 Å². The number of thioether (sulfide) groups is 1. The van der Waals surface area contributed by atoms with Crippen molar-refractivity contribution in [2.45, 2.75) is 5.16 Å². The van der Waals surface area contributed by atoms with E-state index < -0.39 is 5.56 Å². The topological polar surface area (TPSA) is 84.2 Å². The maximum Gasteiger partial charge on any atom is 0.262 e. The number of nitrogens with one attached hydrogen (secondary N) is 1. The Hall–Kier alpha value is -3.58. The highest BCUT2D eigenvalue weighted by Gasteiger charge is 2.13. The van der Waals surface area contributed by atoms with E-state index in [9.17, 15) is 14.7 Å². The SMILES string of the molecule is O=C(CSc1nc(O)cc(=O)n1-c1ccccc1)Nc1ccc2ccccc2c1. The van der Waals surface area contributed by atoms with E-state index in [0.29, 0.717) is 11.4 Å². The Morgan fingerprint density at radius 1 is 0.966 bits per heavy atom. The molecule has 3 aromatic carbocycles. The fourth-order valence-corrected chi connectivity index (χ4v) is 3.77. The molecule has 0 fully saturated rings. The largest absolute Gasteiger partial charge is 0.493 e. The molecule has 4 rings (SSSR count). The van der Waals surface area contributed by atoms with Crippen LogP contribution in [0.5, 0.6) is 5.88 Å². The van der Waals surface area contributed by atoms with Crippen LogP contribution in [-0.4, -0.2) is 26.3 Å². The normalized spacial score (nSPS) is 10.8. The molecule has 0 unspecified atom stereocenters. The Labute approximate surface area is 170 Å². The molecule has 0 aliphatic heterocycles. The molecule has 144 valence electrons. The highest BCUT2D eigenvalue weighted by molar-refractivity contribution is 7.99. The van der Waals surface area contributed by atoms with E-state index in [1.54, 1.807) is 24.3 Å². The Balaban J connectivity index is 1.52. The van der Waals surface area contributed by atoms with E-state index in [2.05, 4.69) is 10.3 Å². The van der Waals surface area contributed by atoms with Crippen molar-refractivity contribution >= 4 is 34.1 Å². The van der Waals surface area contributed by atoms with Gasteiger partial charge in [-0.05, 0) is 35.0 Å². The third-order valence-corrected chi connectivity index (χ3v) is 5.19. The number of aromatic nitrogens is 2. The molecule has 1 aromatic heterocycles. The molecule has 0 atom stereocenters. The number of amides is 1. The molecule has 29 heavy (non-hydrogen) atoms. The van der Waals surface area contributed by atoms with Gasteiger partial charge in [0.05, 0.1) is 17.5 Å². The molecule has 7 heteroatoms. The van der Waals surface area contributed by atoms with Crippen molar-refractivity contribution in [1.82, 2.24) is 9.55 Å². The number of hydrogen-bond acceptors (Lipinski definition) is 5. The number of carbonyl (C=O) groups is 1. The lowest BCUT2D eigenvalue weighted by molar-refractivity contribution is -0.113. The van der Waals surface area contributed by atoms with Gasteiger partial charge in [-0.15, -0.1) is 0 Å². The number of benzene rings is 3. The molecule has 2 N–H and O–H groups in total. The summed E-state index contributed by atoms with van der Waals surface area (Å²) in [5.74, 6) is -0.572. The fraction of sp³-hybridized carbons (Fsp3) is 0.0455. The first-order valence-electron chi connectivity index (χ1n) is 8.90. The van der Waals surface area contributed by atoms with Crippen LogP contribution in [0.3, 0.4) is 0 Å². The van der Waals surface area contributed by atoms with Gasteiger partial charge >= 0.3 is 0 Å². The second-order valence-corrected chi connectivity index (χ2v) is 7.25. The molecule has 0 saturated heterocycles. The van der Waals surface area contributed by atoms with Gasteiger partial charge in [0.2, 0.25) is 11.8 Å². The number of hydrogen-bond donors (Lipinski definition) is 2. The third-order valence-electron chi connectivity index (χ3n) is 4.25. The first-order valence-corrected chi connectivity index (χ1v) is 9.89. The molecule has 1 heterocycles. The van der Waals surface area contributed by atoms with Crippen LogP contribution in [0.25, 0.3) is 16.5 Å². The smallest absolute Gasteiger partial charge is 0.262 e. The molecule has 0 radical (unpaired) electrons. The zero-order valence-electron chi connectivity index (χ0n) is 15.3. The van der Waals surface area contributed by atoms with E-state index in [1.807, 2.05) is 48.5 Å². The van der Waals surface area contributed by atoms with Crippen molar-refractivity contribution in [3.05, 3.63) is 89.2 Å². The van der Waals surface area contributed by atoms with Crippen LogP contribution in [0, 0.1) is 0 Å². The van der Waals surface area contributed by atoms with Gasteiger partial charge in [-0.1, -0.05) is 60.3 Å². The first kappa shape index (κ1) is 18.8. The molecule has 6 nitrogen and oxygen atoms in total. The van der Waals surface area contributed by atoms with E-state index in [-0.39, 0.29) is 22.7 Å². The van der Waals surface area contributed by atoms with Gasteiger partial charge in [0, 0.05) is 5.69 Å². The molecule has 4 aromatic rings. The average Bonchev–Trinajstić information content (AvgIpc) is 2.72. The Morgan fingerprint density at radius 3 is 2.48 bits per heavy atom. The summed E-state index contributed by atoms with van der Waals surface area (Å²) in [5.41, 5.74) is 0.891. The maximum atomic E-state index is 12.4. The average molecular weight is 403 g/mol. The van der Waals surface area contributed by atoms with E-state index in [0.717, 1.165) is 28.6 Å². The summed E-state index contributed by atoms with van der Waals surface area (Å²) >= 11 is 1.08. The first-order chi connectivity index (χ1) is 14.1. The maximum absolute atomic E-state index is 12.4. The Morgan fingerprint density at radius 2 is 1.69 bits per heavy atom. The highest BCUT2D eigenvalue weighted by Crippen LogP contribution is 2.22. The number of rotatable bonds is 5. The van der Waals surface area contributed by atoms with Gasteiger partial charge in [0.1, 0.15) is 0 Å². The quantitative estimate of drug-likeness (QED) is 0.391. The van der Waals surface area contributed by atoms with Crippen LogP contribution >= 0.6 is 11.8 Å². The number of nitrogens with zero attached hydrogens (tertiary/aromatic N) is 2. The lowest BCUT2D eigenvalue weighted by Gasteiger charge is -2.12. The standard InChI is InChI=1S/C22H17N3O3S/c26-19-13-21(28)25(18-8-2-1-3-9-18)22(24-19)29-14-20(27)23-17-11-10-15-6-4-5-7-16(15)12-17/h1-13,26H,14H2,(H,23,27). The van der Waals surface area contributed by atoms with Gasteiger partial charge in [-0.25, -0.2) is 0 Å². The molecular weight excluding hydrogens is 386 g/mol. The fourth-order valence-electron chi connectivity index (χ4n) is 2.96. The van der Waals surface area contributed by atoms with E-state index in [1.165, 1.54) is 4.57 Å². The van der Waals surface area contributed by atoms with Crippen LogP contribution in [0.4, 0.5) is 5.69 Å². The zero-order valence-corrected chi connectivity index (χ0v) is 16.1. The lowest BCUT2D eigenvalue weighted by Crippen LogP contribution is -2.21. The number of para-hydroxylation sites is 1. The summed E-state index contributed by atoms with van der Waals surface area (Å²) in [4.78, 5) is 28.8. The van der Waals surface area contributed by atoms with Gasteiger partial charge < -0.3 is 10.4 Å². The van der Waals surface area contributed by atoms with E-state index >= 15 is 0 Å². The minimum absolute atomic E-state index is 0.0373. The van der Waals surface area contributed by atoms with Gasteiger partial charge in [-0.3, -0.25) is 14.2 Å². The highest BCUT2D eigenvalue weighted by atomic mass is 32.2. The molecule has 0 aliphatic carbocycles. The summed E-state index contributed by atoms with van der Waals surface area (Å²) in [6.07, 6.45) is 0. The van der Waals surface area contributed by atoms with Crippen molar-refractivity contribution in [1.29, 1.82) is 0 Å². The van der Waals surface area contributed by atoms with Crippen molar-refractivity contribution in [2.24, 2.45) is 0 Å². The monoisotopic (exact) mass is 403 g/mol. The summed E-state index contributed by atoms with van der Waals surface area (Å²) < 4.78 is 1.37. The summed E-state index contributed by atoms with van der Waals surface area (Å²) in [6, 6.07) is 23.6. The predicted octanol–water partition coefficient (Wildman–Crippen LogP) is 3.82. The molecule has 0 spiro atoms. The van der Waals surface area contributed by atoms with Gasteiger partial charge in [0.15, 0.2) is 5.16 Å². The third kappa shape index (κ3) is 4.30. The van der Waals surface area contributed by atoms with Gasteiger partial charge in [0.25, 0.3) is 5.56 Å². The molecular formula is C22H17N3O3S. The number of fused-ring (bicyclic) bond motifs is 1. The second-order valence-electron chi connectivity index (χ2n) is 6.30. The van der Waals surface area contributed by atoms with Crippen LogP contribution in [-0.2, 0) is 4.79 Å². The number of aromatic hydroxyl groups is 1. The van der Waals surface area contributed by atoms with Crippen LogP contribution in [0.1, 0.15) is 0 Å². The number of carbonyl (C=O) groups excluding carboxylic acids is 1. The Bertz CT molecular complexity index is 1240. The number of anilines is 1. The lowest BCUT2D eigenvalue weighted by atomic mass is 10.1. The van der Waals surface area contributed by atoms with Crippen LogP contribution in [0.15, 0.2) is 88.8 Å². The van der Waals surface area contributed by atoms with Crippen molar-refractivity contribution < 1.29 is 9.90 Å². The molecule has 1 amide bonds.